The van der Waals surface area contributed by atoms with Crippen molar-refractivity contribution in [3.63, 3.8) is 0 Å². The maximum Gasteiger partial charge on any atom is 0.146 e. The van der Waals surface area contributed by atoms with Crippen LogP contribution in [-0.4, -0.2) is 4.98 Å². The maximum absolute atomic E-state index is 6.08. The molecule has 0 radical (unpaired) electrons. The number of nitrogen functional groups attached to an aromatic ring is 1. The summed E-state index contributed by atoms with van der Waals surface area (Å²) in [6.45, 7) is 0.489. The number of hydrogen-bond acceptors (Lipinski definition) is 4. The van der Waals surface area contributed by atoms with Crippen molar-refractivity contribution in [1.29, 1.82) is 0 Å². The van der Waals surface area contributed by atoms with Crippen LogP contribution in [0.25, 0.3) is 21.7 Å². The lowest BCUT2D eigenvalue weighted by Gasteiger charge is -2.11. The molecule has 0 bridgehead atoms. The fraction of sp³-hybridized carbons (Fsp3) is 0.0500. The minimum Gasteiger partial charge on any atom is -0.487 e. The minimum absolute atomic E-state index is 0.489. The predicted molar refractivity (Wildman–Crippen MR) is 97.8 cm³/mol. The zero-order chi connectivity index (χ0) is 16.4. The van der Waals surface area contributed by atoms with Gasteiger partial charge in [-0.2, -0.15) is 0 Å². The summed E-state index contributed by atoms with van der Waals surface area (Å²) in [7, 11) is 0. The number of hydrazine groups is 1. The van der Waals surface area contributed by atoms with E-state index in [0.29, 0.717) is 12.4 Å². The molecule has 0 aliphatic rings. The highest BCUT2D eigenvalue weighted by Crippen LogP contribution is 2.27. The molecule has 3 N–H and O–H groups in total. The molecular weight excluding hydrogens is 298 g/mol. The van der Waals surface area contributed by atoms with Gasteiger partial charge in [-0.25, -0.2) is 10.8 Å². The highest BCUT2D eigenvalue weighted by molar-refractivity contribution is 5.87. The van der Waals surface area contributed by atoms with Crippen LogP contribution in [0.5, 0.6) is 5.75 Å². The first-order valence-electron chi connectivity index (χ1n) is 7.81. The second kappa shape index (κ2) is 6.18. The number of ether oxygens (including phenoxy) is 1. The summed E-state index contributed by atoms with van der Waals surface area (Å²) in [6.07, 6.45) is 0. The molecule has 1 heterocycles. The van der Waals surface area contributed by atoms with Gasteiger partial charge in [0.2, 0.25) is 0 Å². The third kappa shape index (κ3) is 2.64. The average Bonchev–Trinajstić information content (AvgIpc) is 2.65. The summed E-state index contributed by atoms with van der Waals surface area (Å²) < 4.78 is 6.08. The first-order chi connectivity index (χ1) is 11.8. The molecule has 4 heteroatoms. The molecule has 1 aromatic heterocycles. The number of anilines is 1. The van der Waals surface area contributed by atoms with Crippen LogP contribution in [0.4, 0.5) is 5.82 Å². The molecule has 0 saturated carbocycles. The normalized spacial score (nSPS) is 10.9. The Morgan fingerprint density at radius 2 is 1.62 bits per heavy atom. The molecule has 118 valence electrons. The number of pyridine rings is 1. The monoisotopic (exact) mass is 315 g/mol. The van der Waals surface area contributed by atoms with Crippen LogP contribution in [0.3, 0.4) is 0 Å². The average molecular weight is 315 g/mol. The number of benzene rings is 3. The van der Waals surface area contributed by atoms with Gasteiger partial charge >= 0.3 is 0 Å². The summed E-state index contributed by atoms with van der Waals surface area (Å²) in [6, 6.07) is 24.3. The molecule has 0 aliphatic carbocycles. The molecule has 0 aliphatic heterocycles. The van der Waals surface area contributed by atoms with Crippen LogP contribution >= 0.6 is 0 Å². The molecule has 24 heavy (non-hydrogen) atoms. The third-order valence-electron chi connectivity index (χ3n) is 4.09. The van der Waals surface area contributed by atoms with Crippen LogP contribution in [-0.2, 0) is 6.61 Å². The Morgan fingerprint density at radius 3 is 2.54 bits per heavy atom. The number of hydrogen-bond donors (Lipinski definition) is 2. The van der Waals surface area contributed by atoms with Crippen LogP contribution in [0.1, 0.15) is 5.56 Å². The molecule has 3 aromatic carbocycles. The molecule has 4 aromatic rings. The van der Waals surface area contributed by atoms with Gasteiger partial charge in [-0.1, -0.05) is 54.6 Å². The Kier molecular flexibility index (Phi) is 3.73. The van der Waals surface area contributed by atoms with Gasteiger partial charge in [0, 0.05) is 5.39 Å². The lowest BCUT2D eigenvalue weighted by molar-refractivity contribution is 0.311. The standard InChI is InChI=1S/C20H17N3O/c21-23-19-12-11-15-7-4-10-18(20(15)22-19)24-13-16-8-3-6-14-5-1-2-9-17(14)16/h1-12H,13,21H2,(H,22,23). The molecule has 4 nitrogen and oxygen atoms in total. The van der Waals surface area contributed by atoms with E-state index in [1.165, 1.54) is 10.8 Å². The topological polar surface area (TPSA) is 60.2 Å². The van der Waals surface area contributed by atoms with Gasteiger partial charge in [-0.15, -0.1) is 0 Å². The van der Waals surface area contributed by atoms with E-state index in [2.05, 4.69) is 40.7 Å². The lowest BCUT2D eigenvalue weighted by atomic mass is 10.1. The van der Waals surface area contributed by atoms with E-state index in [1.54, 1.807) is 0 Å². The fourth-order valence-corrected chi connectivity index (χ4v) is 2.89. The van der Waals surface area contributed by atoms with E-state index >= 15 is 0 Å². The maximum atomic E-state index is 6.08. The van der Waals surface area contributed by atoms with E-state index in [-0.39, 0.29) is 0 Å². The number of aromatic nitrogens is 1. The number of nitrogens with two attached hydrogens (primary N) is 1. The number of nitrogens with zero attached hydrogens (tertiary/aromatic N) is 1. The summed E-state index contributed by atoms with van der Waals surface area (Å²) in [5.74, 6) is 6.83. The number of para-hydroxylation sites is 1. The van der Waals surface area contributed by atoms with Crippen molar-refractivity contribution >= 4 is 27.5 Å². The van der Waals surface area contributed by atoms with E-state index < -0.39 is 0 Å². The number of nitrogens with one attached hydrogen (secondary N) is 1. The molecule has 4 rings (SSSR count). The van der Waals surface area contributed by atoms with Gasteiger partial charge in [0.1, 0.15) is 23.7 Å². The van der Waals surface area contributed by atoms with Crippen molar-refractivity contribution in [3.8, 4) is 5.75 Å². The summed E-state index contributed by atoms with van der Waals surface area (Å²) in [4.78, 5) is 4.51. The van der Waals surface area contributed by atoms with Crippen molar-refractivity contribution in [3.05, 3.63) is 78.4 Å². The van der Waals surface area contributed by atoms with Crippen LogP contribution in [0, 0.1) is 0 Å². The molecule has 0 fully saturated rings. The molecule has 0 spiro atoms. The smallest absolute Gasteiger partial charge is 0.146 e. The molecule has 0 amide bonds. The molecule has 0 unspecified atom stereocenters. The van der Waals surface area contributed by atoms with E-state index in [0.717, 1.165) is 22.2 Å². The quantitative estimate of drug-likeness (QED) is 0.436. The van der Waals surface area contributed by atoms with E-state index in [4.69, 9.17) is 10.6 Å². The minimum atomic E-state index is 0.489. The van der Waals surface area contributed by atoms with E-state index in [9.17, 15) is 0 Å². The lowest BCUT2D eigenvalue weighted by Crippen LogP contribution is -2.08. The van der Waals surface area contributed by atoms with Gasteiger partial charge in [0.15, 0.2) is 0 Å². The van der Waals surface area contributed by atoms with Crippen molar-refractivity contribution in [2.45, 2.75) is 6.61 Å². The Labute approximate surface area is 139 Å². The summed E-state index contributed by atoms with van der Waals surface area (Å²) in [5, 5.41) is 3.44. The van der Waals surface area contributed by atoms with Crippen molar-refractivity contribution < 1.29 is 4.74 Å². The molecule has 0 saturated heterocycles. The van der Waals surface area contributed by atoms with Crippen molar-refractivity contribution in [1.82, 2.24) is 4.98 Å². The highest BCUT2D eigenvalue weighted by Gasteiger charge is 2.07. The van der Waals surface area contributed by atoms with Gasteiger partial charge in [0.05, 0.1) is 0 Å². The molecular formula is C20H17N3O. The fourth-order valence-electron chi connectivity index (χ4n) is 2.89. The Bertz CT molecular complexity index is 1010. The van der Waals surface area contributed by atoms with Gasteiger partial charge < -0.3 is 10.2 Å². The van der Waals surface area contributed by atoms with Crippen LogP contribution in [0.2, 0.25) is 0 Å². The van der Waals surface area contributed by atoms with Gasteiger partial charge in [-0.05, 0) is 34.5 Å². The van der Waals surface area contributed by atoms with Crippen LogP contribution in [0.15, 0.2) is 72.8 Å². The summed E-state index contributed by atoms with van der Waals surface area (Å²) in [5.41, 5.74) is 4.53. The Balaban J connectivity index is 1.69. The Hall–Kier alpha value is -3.11. The number of fused-ring (bicyclic) bond motifs is 2. The largest absolute Gasteiger partial charge is 0.487 e. The number of rotatable bonds is 4. The van der Waals surface area contributed by atoms with Crippen molar-refractivity contribution in [2.75, 3.05) is 5.43 Å². The zero-order valence-electron chi connectivity index (χ0n) is 13.1. The predicted octanol–water partition coefficient (Wildman–Crippen LogP) is 4.25. The third-order valence-corrected chi connectivity index (χ3v) is 4.09. The van der Waals surface area contributed by atoms with E-state index in [1.807, 2.05) is 42.5 Å². The first kappa shape index (κ1) is 14.5. The zero-order valence-corrected chi connectivity index (χ0v) is 13.1. The van der Waals surface area contributed by atoms with Gasteiger partial charge in [0.25, 0.3) is 0 Å². The Morgan fingerprint density at radius 1 is 0.833 bits per heavy atom. The van der Waals surface area contributed by atoms with Gasteiger partial charge in [-0.3, -0.25) is 0 Å². The second-order valence-corrected chi connectivity index (χ2v) is 5.60. The highest BCUT2D eigenvalue weighted by atomic mass is 16.5. The SMILES string of the molecule is NNc1ccc2cccc(OCc3cccc4ccccc34)c2n1. The van der Waals surface area contributed by atoms with Crippen LogP contribution < -0.4 is 16.0 Å². The first-order valence-corrected chi connectivity index (χ1v) is 7.81. The van der Waals surface area contributed by atoms with Crippen molar-refractivity contribution in [2.24, 2.45) is 5.84 Å². The molecule has 0 atom stereocenters. The second-order valence-electron chi connectivity index (χ2n) is 5.60. The summed E-state index contributed by atoms with van der Waals surface area (Å²) >= 11 is 0.